The molecule has 0 aliphatic heterocycles. The summed E-state index contributed by atoms with van der Waals surface area (Å²) in [5.41, 5.74) is 2.60. The maximum Gasteiger partial charge on any atom is 0.239 e. The lowest BCUT2D eigenvalue weighted by molar-refractivity contribution is 0.582. The summed E-state index contributed by atoms with van der Waals surface area (Å²) < 4.78 is 13.8. The Hall–Kier alpha value is -2.55. The standard InChI is InChI=1S/C16H11FN2/c17-16-15(13-9-5-2-6-10-13)19-14(11-18-16)12-7-3-1-4-8-12/h1-11H. The molecule has 19 heavy (non-hydrogen) atoms. The van der Waals surface area contributed by atoms with Crippen LogP contribution in [0.1, 0.15) is 0 Å². The molecule has 0 N–H and O–H groups in total. The summed E-state index contributed by atoms with van der Waals surface area (Å²) in [5.74, 6) is -0.550. The molecule has 3 rings (SSSR count). The van der Waals surface area contributed by atoms with Crippen LogP contribution in [-0.2, 0) is 0 Å². The van der Waals surface area contributed by atoms with Crippen molar-refractivity contribution in [2.45, 2.75) is 0 Å². The van der Waals surface area contributed by atoms with Crippen LogP contribution in [0.5, 0.6) is 0 Å². The summed E-state index contributed by atoms with van der Waals surface area (Å²) in [5, 5.41) is 0. The minimum absolute atomic E-state index is 0.280. The molecule has 2 nitrogen and oxygen atoms in total. The Bertz CT molecular complexity index is 682. The molecule has 0 bridgehead atoms. The molecule has 0 amide bonds. The number of halogens is 1. The van der Waals surface area contributed by atoms with Gasteiger partial charge in [0.05, 0.1) is 11.9 Å². The molecule has 0 radical (unpaired) electrons. The lowest BCUT2D eigenvalue weighted by Gasteiger charge is -2.05. The minimum atomic E-state index is -0.550. The van der Waals surface area contributed by atoms with Crippen molar-refractivity contribution in [2.24, 2.45) is 0 Å². The second kappa shape index (κ2) is 4.98. The average Bonchev–Trinajstić information content (AvgIpc) is 2.49. The molecule has 3 heteroatoms. The highest BCUT2D eigenvalue weighted by molar-refractivity contribution is 5.64. The summed E-state index contributed by atoms with van der Waals surface area (Å²) in [6.07, 6.45) is 1.46. The van der Waals surface area contributed by atoms with Gasteiger partial charge in [0, 0.05) is 11.1 Å². The van der Waals surface area contributed by atoms with E-state index in [-0.39, 0.29) is 5.69 Å². The normalized spacial score (nSPS) is 10.4. The molecule has 0 saturated carbocycles. The first-order valence-corrected chi connectivity index (χ1v) is 5.98. The fraction of sp³-hybridized carbons (Fsp3) is 0. The lowest BCUT2D eigenvalue weighted by atomic mass is 10.1. The van der Waals surface area contributed by atoms with Gasteiger partial charge in [-0.2, -0.15) is 4.39 Å². The highest BCUT2D eigenvalue weighted by atomic mass is 19.1. The molecular formula is C16H11FN2. The number of aromatic nitrogens is 2. The van der Waals surface area contributed by atoms with Gasteiger partial charge in [-0.25, -0.2) is 9.97 Å². The van der Waals surface area contributed by atoms with Crippen molar-refractivity contribution in [1.29, 1.82) is 0 Å². The van der Waals surface area contributed by atoms with E-state index in [0.717, 1.165) is 11.1 Å². The van der Waals surface area contributed by atoms with Gasteiger partial charge < -0.3 is 0 Å². The van der Waals surface area contributed by atoms with Gasteiger partial charge >= 0.3 is 0 Å². The van der Waals surface area contributed by atoms with E-state index in [1.807, 2.05) is 60.7 Å². The molecule has 1 heterocycles. The van der Waals surface area contributed by atoms with Crippen LogP contribution < -0.4 is 0 Å². The molecule has 2 aromatic carbocycles. The quantitative estimate of drug-likeness (QED) is 0.688. The van der Waals surface area contributed by atoms with Crippen molar-refractivity contribution < 1.29 is 4.39 Å². The van der Waals surface area contributed by atoms with E-state index in [2.05, 4.69) is 9.97 Å². The first kappa shape index (κ1) is 11.5. The Labute approximate surface area is 110 Å². The number of nitrogens with zero attached hydrogens (tertiary/aromatic N) is 2. The van der Waals surface area contributed by atoms with Crippen LogP contribution in [0.15, 0.2) is 66.9 Å². The number of rotatable bonds is 2. The fourth-order valence-electron chi connectivity index (χ4n) is 1.90. The van der Waals surface area contributed by atoms with E-state index < -0.39 is 5.95 Å². The zero-order chi connectivity index (χ0) is 13.1. The molecule has 1 aromatic heterocycles. The summed E-state index contributed by atoms with van der Waals surface area (Å²) in [7, 11) is 0. The van der Waals surface area contributed by atoms with Crippen molar-refractivity contribution in [1.82, 2.24) is 9.97 Å². The maximum atomic E-state index is 13.8. The third-order valence-electron chi connectivity index (χ3n) is 2.84. The average molecular weight is 250 g/mol. The van der Waals surface area contributed by atoms with Gasteiger partial charge in [0.2, 0.25) is 5.95 Å². The van der Waals surface area contributed by atoms with E-state index >= 15 is 0 Å². The van der Waals surface area contributed by atoms with Crippen molar-refractivity contribution in [3.8, 4) is 22.5 Å². The van der Waals surface area contributed by atoms with Crippen molar-refractivity contribution in [2.75, 3.05) is 0 Å². The molecule has 0 saturated heterocycles. The monoisotopic (exact) mass is 250 g/mol. The SMILES string of the molecule is Fc1ncc(-c2ccccc2)nc1-c1ccccc1. The molecule has 0 unspecified atom stereocenters. The second-order valence-corrected chi connectivity index (χ2v) is 4.13. The summed E-state index contributed by atoms with van der Waals surface area (Å²) in [6, 6.07) is 18.9. The van der Waals surface area contributed by atoms with Crippen LogP contribution in [0.2, 0.25) is 0 Å². The Balaban J connectivity index is 2.12. The van der Waals surface area contributed by atoms with E-state index in [9.17, 15) is 4.39 Å². The predicted octanol–water partition coefficient (Wildman–Crippen LogP) is 3.95. The highest BCUT2D eigenvalue weighted by Crippen LogP contribution is 2.23. The second-order valence-electron chi connectivity index (χ2n) is 4.13. The third-order valence-corrected chi connectivity index (χ3v) is 2.84. The molecule has 3 aromatic rings. The van der Waals surface area contributed by atoms with Gasteiger partial charge in [-0.3, -0.25) is 0 Å². The van der Waals surface area contributed by atoms with Gasteiger partial charge in [-0.1, -0.05) is 60.7 Å². The van der Waals surface area contributed by atoms with E-state index in [0.29, 0.717) is 5.69 Å². The van der Waals surface area contributed by atoms with E-state index in [1.54, 1.807) is 0 Å². The van der Waals surface area contributed by atoms with Gasteiger partial charge in [-0.15, -0.1) is 0 Å². The molecule has 0 spiro atoms. The molecule has 0 atom stereocenters. The Morgan fingerprint density at radius 2 is 1.32 bits per heavy atom. The predicted molar refractivity (Wildman–Crippen MR) is 72.9 cm³/mol. The summed E-state index contributed by atoms with van der Waals surface area (Å²) in [4.78, 5) is 8.18. The van der Waals surface area contributed by atoms with Gasteiger partial charge in [0.1, 0.15) is 5.69 Å². The molecule has 0 aliphatic carbocycles. The Morgan fingerprint density at radius 1 is 0.737 bits per heavy atom. The Kier molecular flexibility index (Phi) is 3.02. The van der Waals surface area contributed by atoms with Gasteiger partial charge in [0.25, 0.3) is 0 Å². The lowest BCUT2D eigenvalue weighted by Crippen LogP contribution is -1.95. The molecule has 0 aliphatic rings. The number of hydrogen-bond donors (Lipinski definition) is 0. The Morgan fingerprint density at radius 3 is 1.95 bits per heavy atom. The van der Waals surface area contributed by atoms with Gasteiger partial charge in [0.15, 0.2) is 0 Å². The number of benzene rings is 2. The first-order valence-electron chi connectivity index (χ1n) is 5.98. The van der Waals surface area contributed by atoms with Crippen LogP contribution >= 0.6 is 0 Å². The van der Waals surface area contributed by atoms with Crippen molar-refractivity contribution >= 4 is 0 Å². The summed E-state index contributed by atoms with van der Waals surface area (Å²) >= 11 is 0. The maximum absolute atomic E-state index is 13.8. The van der Waals surface area contributed by atoms with E-state index in [1.165, 1.54) is 6.20 Å². The van der Waals surface area contributed by atoms with Crippen molar-refractivity contribution in [3.05, 3.63) is 72.8 Å². The minimum Gasteiger partial charge on any atom is -0.241 e. The van der Waals surface area contributed by atoms with Crippen molar-refractivity contribution in [3.63, 3.8) is 0 Å². The fourth-order valence-corrected chi connectivity index (χ4v) is 1.90. The molecular weight excluding hydrogens is 239 g/mol. The highest BCUT2D eigenvalue weighted by Gasteiger charge is 2.10. The molecule has 0 fully saturated rings. The zero-order valence-electron chi connectivity index (χ0n) is 10.1. The molecule has 92 valence electrons. The third kappa shape index (κ3) is 2.36. The van der Waals surface area contributed by atoms with Crippen LogP contribution in [-0.4, -0.2) is 9.97 Å². The van der Waals surface area contributed by atoms with Crippen LogP contribution in [0.25, 0.3) is 22.5 Å². The topological polar surface area (TPSA) is 25.8 Å². The van der Waals surface area contributed by atoms with E-state index in [4.69, 9.17) is 0 Å². The van der Waals surface area contributed by atoms with Gasteiger partial charge in [-0.05, 0) is 0 Å². The van der Waals surface area contributed by atoms with Crippen LogP contribution in [0.3, 0.4) is 0 Å². The largest absolute Gasteiger partial charge is 0.241 e. The van der Waals surface area contributed by atoms with Crippen LogP contribution in [0.4, 0.5) is 4.39 Å². The summed E-state index contributed by atoms with van der Waals surface area (Å²) in [6.45, 7) is 0. The van der Waals surface area contributed by atoms with Crippen LogP contribution in [0, 0.1) is 5.95 Å². The zero-order valence-corrected chi connectivity index (χ0v) is 10.1. The first-order chi connectivity index (χ1) is 9.34. The number of hydrogen-bond acceptors (Lipinski definition) is 2. The smallest absolute Gasteiger partial charge is 0.239 e.